The maximum Gasteiger partial charge on any atom is 0.151 e. The molecule has 0 spiro atoms. The molecule has 0 aliphatic rings. The average Bonchev–Trinajstić information content (AvgIpc) is 3.09. The first-order valence-electron chi connectivity index (χ1n) is 5.60. The number of methoxy groups -OCH3 is 1. The van der Waals surface area contributed by atoms with Crippen molar-refractivity contribution in [3.05, 3.63) is 48.7 Å². The van der Waals surface area contributed by atoms with Crippen LogP contribution in [0.15, 0.2) is 53.1 Å². The molecule has 0 radical (unpaired) electrons. The van der Waals surface area contributed by atoms with Crippen molar-refractivity contribution in [2.45, 2.75) is 0 Å². The van der Waals surface area contributed by atoms with Crippen LogP contribution in [0.25, 0.3) is 22.7 Å². The number of rotatable bonds is 3. The topological polar surface area (TPSA) is 51.0 Å². The normalized spacial score (nSPS) is 10.5. The van der Waals surface area contributed by atoms with Gasteiger partial charge in [0, 0.05) is 5.56 Å². The van der Waals surface area contributed by atoms with Crippen LogP contribution < -0.4 is 4.74 Å². The van der Waals surface area contributed by atoms with Gasteiger partial charge in [0.1, 0.15) is 11.4 Å². The third-order valence-electron chi connectivity index (χ3n) is 2.73. The second-order valence-electron chi connectivity index (χ2n) is 3.88. The van der Waals surface area contributed by atoms with Crippen molar-refractivity contribution in [1.82, 2.24) is 10.2 Å². The summed E-state index contributed by atoms with van der Waals surface area (Å²) in [6.45, 7) is 0. The molecule has 2 aromatic heterocycles. The molecule has 0 aliphatic heterocycles. The predicted molar refractivity (Wildman–Crippen MR) is 68.3 cm³/mol. The number of hydrogen-bond acceptors (Lipinski definition) is 3. The minimum atomic E-state index is 0.775. The van der Waals surface area contributed by atoms with E-state index in [2.05, 4.69) is 10.2 Å². The van der Waals surface area contributed by atoms with Crippen molar-refractivity contribution >= 4 is 0 Å². The first-order chi connectivity index (χ1) is 8.86. The second-order valence-corrected chi connectivity index (χ2v) is 3.88. The molecule has 90 valence electrons. The third kappa shape index (κ3) is 1.88. The number of nitrogens with zero attached hydrogens (tertiary/aromatic N) is 1. The highest BCUT2D eigenvalue weighted by atomic mass is 16.5. The van der Waals surface area contributed by atoms with E-state index < -0.39 is 0 Å². The summed E-state index contributed by atoms with van der Waals surface area (Å²) in [6, 6.07) is 13.5. The van der Waals surface area contributed by atoms with Crippen LogP contribution in [0.2, 0.25) is 0 Å². The summed E-state index contributed by atoms with van der Waals surface area (Å²) in [5.41, 5.74) is 2.72. The second kappa shape index (κ2) is 4.41. The fraction of sp³-hybridized carbons (Fsp3) is 0.0714. The molecule has 18 heavy (non-hydrogen) atoms. The summed E-state index contributed by atoms with van der Waals surface area (Å²) in [4.78, 5) is 0. The van der Waals surface area contributed by atoms with E-state index in [4.69, 9.17) is 9.15 Å². The number of furan rings is 1. The number of ether oxygens (including phenoxy) is 1. The Hall–Kier alpha value is -2.49. The van der Waals surface area contributed by atoms with Gasteiger partial charge in [-0.15, -0.1) is 0 Å². The standard InChI is InChI=1S/C14H12N2O2/c1-17-11-5-2-4-10(8-11)12-9-13(16-15-12)14-6-3-7-18-14/h2-9H,1H3,(H,15,16). The Kier molecular flexibility index (Phi) is 2.61. The molecule has 4 heteroatoms. The lowest BCUT2D eigenvalue weighted by atomic mass is 10.1. The van der Waals surface area contributed by atoms with E-state index in [0.29, 0.717) is 0 Å². The molecule has 0 unspecified atom stereocenters. The highest BCUT2D eigenvalue weighted by Crippen LogP contribution is 2.26. The maximum absolute atomic E-state index is 5.32. The van der Waals surface area contributed by atoms with Crippen molar-refractivity contribution in [1.29, 1.82) is 0 Å². The van der Waals surface area contributed by atoms with E-state index >= 15 is 0 Å². The van der Waals surface area contributed by atoms with E-state index in [9.17, 15) is 0 Å². The Balaban J connectivity index is 1.97. The Labute approximate surface area is 104 Å². The fourth-order valence-corrected chi connectivity index (χ4v) is 1.81. The van der Waals surface area contributed by atoms with Gasteiger partial charge in [0.25, 0.3) is 0 Å². The van der Waals surface area contributed by atoms with Gasteiger partial charge >= 0.3 is 0 Å². The van der Waals surface area contributed by atoms with Crippen LogP contribution in [-0.4, -0.2) is 17.3 Å². The number of nitrogens with one attached hydrogen (secondary N) is 1. The maximum atomic E-state index is 5.32. The fourth-order valence-electron chi connectivity index (χ4n) is 1.81. The molecule has 0 amide bonds. The first-order valence-corrected chi connectivity index (χ1v) is 5.60. The molecule has 0 bridgehead atoms. The third-order valence-corrected chi connectivity index (χ3v) is 2.73. The minimum Gasteiger partial charge on any atom is -0.497 e. The predicted octanol–water partition coefficient (Wildman–Crippen LogP) is 3.35. The summed E-state index contributed by atoms with van der Waals surface area (Å²) >= 11 is 0. The molecule has 4 nitrogen and oxygen atoms in total. The van der Waals surface area contributed by atoms with Crippen molar-refractivity contribution in [3.63, 3.8) is 0 Å². The van der Waals surface area contributed by atoms with Crippen LogP contribution >= 0.6 is 0 Å². The zero-order valence-electron chi connectivity index (χ0n) is 9.88. The van der Waals surface area contributed by atoms with Gasteiger partial charge in [0.05, 0.1) is 19.1 Å². The van der Waals surface area contributed by atoms with E-state index in [1.807, 2.05) is 42.5 Å². The number of aromatic nitrogens is 2. The summed E-state index contributed by atoms with van der Waals surface area (Å²) < 4.78 is 10.5. The van der Waals surface area contributed by atoms with Crippen molar-refractivity contribution in [3.8, 4) is 28.5 Å². The lowest BCUT2D eigenvalue weighted by Gasteiger charge is -2.00. The quantitative estimate of drug-likeness (QED) is 0.763. The van der Waals surface area contributed by atoms with Crippen LogP contribution in [-0.2, 0) is 0 Å². The lowest BCUT2D eigenvalue weighted by molar-refractivity contribution is 0.415. The van der Waals surface area contributed by atoms with Crippen LogP contribution in [0.5, 0.6) is 5.75 Å². The highest BCUT2D eigenvalue weighted by Gasteiger charge is 2.08. The molecule has 2 heterocycles. The van der Waals surface area contributed by atoms with Gasteiger partial charge in [-0.05, 0) is 30.3 Å². The number of H-pyrrole nitrogens is 1. The first kappa shape index (κ1) is 10.7. The van der Waals surface area contributed by atoms with E-state index in [0.717, 1.165) is 28.5 Å². The molecule has 0 aliphatic carbocycles. The van der Waals surface area contributed by atoms with E-state index in [1.165, 1.54) is 0 Å². The van der Waals surface area contributed by atoms with E-state index in [-0.39, 0.29) is 0 Å². The SMILES string of the molecule is COc1cccc(-c2cc(-c3ccco3)[nH]n2)c1. The average molecular weight is 240 g/mol. The molecule has 0 saturated heterocycles. The Morgan fingerprint density at radius 2 is 2.11 bits per heavy atom. The summed E-state index contributed by atoms with van der Waals surface area (Å²) in [5, 5.41) is 7.24. The van der Waals surface area contributed by atoms with Gasteiger partial charge in [0.15, 0.2) is 5.76 Å². The molecule has 1 aromatic carbocycles. The zero-order chi connectivity index (χ0) is 12.4. The van der Waals surface area contributed by atoms with Crippen molar-refractivity contribution in [2.24, 2.45) is 0 Å². The molecule has 0 fully saturated rings. The largest absolute Gasteiger partial charge is 0.497 e. The van der Waals surface area contributed by atoms with Gasteiger partial charge in [-0.25, -0.2) is 0 Å². The summed E-state index contributed by atoms with van der Waals surface area (Å²) in [7, 11) is 1.65. The number of aromatic amines is 1. The highest BCUT2D eigenvalue weighted by molar-refractivity contribution is 5.66. The van der Waals surface area contributed by atoms with Gasteiger partial charge in [0.2, 0.25) is 0 Å². The monoisotopic (exact) mass is 240 g/mol. The van der Waals surface area contributed by atoms with Gasteiger partial charge in [-0.3, -0.25) is 5.10 Å². The molecular weight excluding hydrogens is 228 g/mol. The van der Waals surface area contributed by atoms with E-state index in [1.54, 1.807) is 13.4 Å². The Morgan fingerprint density at radius 1 is 1.17 bits per heavy atom. The van der Waals surface area contributed by atoms with Gasteiger partial charge in [-0.2, -0.15) is 5.10 Å². The summed E-state index contributed by atoms with van der Waals surface area (Å²) in [6.07, 6.45) is 1.64. The smallest absolute Gasteiger partial charge is 0.151 e. The molecule has 0 atom stereocenters. The van der Waals surface area contributed by atoms with Crippen molar-refractivity contribution in [2.75, 3.05) is 7.11 Å². The minimum absolute atomic E-state index is 0.775. The van der Waals surface area contributed by atoms with Gasteiger partial charge < -0.3 is 9.15 Å². The Morgan fingerprint density at radius 3 is 2.89 bits per heavy atom. The summed E-state index contributed by atoms with van der Waals surface area (Å²) in [5.74, 6) is 1.59. The Bertz CT molecular complexity index is 641. The van der Waals surface area contributed by atoms with Crippen LogP contribution in [0.1, 0.15) is 0 Å². The molecule has 3 rings (SSSR count). The lowest BCUT2D eigenvalue weighted by Crippen LogP contribution is -1.83. The number of hydrogen-bond donors (Lipinski definition) is 1. The molecule has 3 aromatic rings. The molecule has 1 N–H and O–H groups in total. The molecule has 0 saturated carbocycles. The van der Waals surface area contributed by atoms with Crippen LogP contribution in [0.3, 0.4) is 0 Å². The number of benzene rings is 1. The van der Waals surface area contributed by atoms with Gasteiger partial charge in [-0.1, -0.05) is 12.1 Å². The van der Waals surface area contributed by atoms with Crippen LogP contribution in [0.4, 0.5) is 0 Å². The zero-order valence-corrected chi connectivity index (χ0v) is 9.88. The van der Waals surface area contributed by atoms with Crippen LogP contribution in [0, 0.1) is 0 Å². The molecular formula is C14H12N2O2. The van der Waals surface area contributed by atoms with Crippen molar-refractivity contribution < 1.29 is 9.15 Å².